The van der Waals surface area contributed by atoms with Crippen molar-refractivity contribution in [2.45, 2.75) is 89.3 Å². The molecule has 35 heavy (non-hydrogen) atoms. The highest BCUT2D eigenvalue weighted by Crippen LogP contribution is 2.59. The Balaban J connectivity index is 1.39. The maximum atomic E-state index is 12.7. The minimum absolute atomic E-state index is 0.0928. The molecule has 5 nitrogen and oxygen atoms in total. The summed E-state index contributed by atoms with van der Waals surface area (Å²) in [5.41, 5.74) is 2.71. The molecule has 3 fully saturated rings. The zero-order chi connectivity index (χ0) is 24.6. The number of methoxy groups -OCH3 is 1. The number of halogens is 1. The van der Waals surface area contributed by atoms with E-state index in [9.17, 15) is 9.59 Å². The molecule has 1 saturated heterocycles. The molecule has 3 aliphatic carbocycles. The molecule has 0 bridgehead atoms. The van der Waals surface area contributed by atoms with Crippen molar-refractivity contribution in [3.8, 4) is 5.75 Å². The summed E-state index contributed by atoms with van der Waals surface area (Å²) in [5.74, 6) is 1.32. The fourth-order valence-electron chi connectivity index (χ4n) is 7.75. The maximum Gasteiger partial charge on any atom is 0.315 e. The van der Waals surface area contributed by atoms with Gasteiger partial charge in [0, 0.05) is 23.6 Å². The number of ketones is 1. The Morgan fingerprint density at radius 2 is 2.03 bits per heavy atom. The largest absolute Gasteiger partial charge is 0.469 e. The molecule has 6 heteroatoms. The van der Waals surface area contributed by atoms with Gasteiger partial charge in [0.1, 0.15) is 17.5 Å². The first-order chi connectivity index (χ1) is 16.9. The van der Waals surface area contributed by atoms with Crippen molar-refractivity contribution >= 4 is 27.7 Å². The van der Waals surface area contributed by atoms with Crippen LogP contribution in [0.3, 0.4) is 0 Å². The van der Waals surface area contributed by atoms with Gasteiger partial charge in [-0.3, -0.25) is 9.59 Å². The average Bonchev–Trinajstić information content (AvgIpc) is 3.18. The highest BCUT2D eigenvalue weighted by atomic mass is 79.9. The van der Waals surface area contributed by atoms with Gasteiger partial charge >= 0.3 is 5.97 Å². The second-order valence-corrected chi connectivity index (χ2v) is 12.1. The molecule has 5 rings (SSSR count). The number of Topliss-reactive ketones (excluding diaryl/α,β-unsaturated/α-hetero) is 1. The van der Waals surface area contributed by atoms with E-state index < -0.39 is 11.7 Å². The zero-order valence-corrected chi connectivity index (χ0v) is 22.7. The van der Waals surface area contributed by atoms with Crippen molar-refractivity contribution in [3.05, 3.63) is 29.3 Å². The molecular formula is C29H39BrO5. The van der Waals surface area contributed by atoms with E-state index in [0.29, 0.717) is 43.0 Å². The number of unbranched alkanes of at least 4 members (excludes halogenated alkanes) is 1. The van der Waals surface area contributed by atoms with Gasteiger partial charge in [-0.2, -0.15) is 0 Å². The molecule has 0 aromatic heterocycles. The van der Waals surface area contributed by atoms with Crippen molar-refractivity contribution in [1.82, 2.24) is 0 Å². The molecule has 1 aromatic rings. The van der Waals surface area contributed by atoms with E-state index in [1.54, 1.807) is 0 Å². The quantitative estimate of drug-likeness (QED) is 0.226. The summed E-state index contributed by atoms with van der Waals surface area (Å²) >= 11 is 3.52. The van der Waals surface area contributed by atoms with E-state index in [0.717, 1.165) is 68.9 Å². The average molecular weight is 548 g/mol. The van der Waals surface area contributed by atoms with Crippen LogP contribution in [0.5, 0.6) is 5.75 Å². The van der Waals surface area contributed by atoms with Crippen LogP contribution in [0.15, 0.2) is 18.2 Å². The van der Waals surface area contributed by atoms with Crippen molar-refractivity contribution in [3.63, 3.8) is 0 Å². The number of carbonyl (C=O) groups excluding carboxylic acids is 2. The van der Waals surface area contributed by atoms with Gasteiger partial charge < -0.3 is 14.2 Å². The molecule has 2 unspecified atom stereocenters. The first kappa shape index (κ1) is 25.3. The summed E-state index contributed by atoms with van der Waals surface area (Å²) in [6, 6.07) is 6.52. The van der Waals surface area contributed by atoms with Gasteiger partial charge in [0.25, 0.3) is 0 Å². The van der Waals surface area contributed by atoms with Crippen molar-refractivity contribution < 1.29 is 23.8 Å². The predicted molar refractivity (Wildman–Crippen MR) is 138 cm³/mol. The van der Waals surface area contributed by atoms with E-state index in [-0.39, 0.29) is 11.4 Å². The Kier molecular flexibility index (Phi) is 7.33. The van der Waals surface area contributed by atoms with Crippen molar-refractivity contribution in [1.29, 1.82) is 0 Å². The lowest BCUT2D eigenvalue weighted by Crippen LogP contribution is -2.53. The van der Waals surface area contributed by atoms with E-state index >= 15 is 0 Å². The highest BCUT2D eigenvalue weighted by molar-refractivity contribution is 9.09. The van der Waals surface area contributed by atoms with Gasteiger partial charge in [-0.1, -0.05) is 28.9 Å². The smallest absolute Gasteiger partial charge is 0.315 e. The third-order valence-corrected chi connectivity index (χ3v) is 10.2. The number of hydrogen-bond donors (Lipinski definition) is 0. The van der Waals surface area contributed by atoms with E-state index in [2.05, 4.69) is 41.1 Å². The molecule has 192 valence electrons. The topological polar surface area (TPSA) is 61.8 Å². The van der Waals surface area contributed by atoms with Crippen molar-refractivity contribution in [2.24, 2.45) is 23.2 Å². The normalized spacial score (nSPS) is 36.1. The first-order valence-corrected chi connectivity index (χ1v) is 14.7. The number of rotatable bonds is 7. The lowest BCUT2D eigenvalue weighted by molar-refractivity contribution is -0.246. The lowest BCUT2D eigenvalue weighted by Gasteiger charge is -2.48. The molecule has 0 N–H and O–H groups in total. The van der Waals surface area contributed by atoms with E-state index in [4.69, 9.17) is 14.2 Å². The van der Waals surface area contributed by atoms with Crippen LogP contribution in [0, 0.1) is 23.2 Å². The Labute approximate surface area is 217 Å². The molecule has 0 amide bonds. The van der Waals surface area contributed by atoms with Crippen molar-refractivity contribution in [2.75, 3.05) is 19.0 Å². The summed E-state index contributed by atoms with van der Waals surface area (Å²) < 4.78 is 18.1. The van der Waals surface area contributed by atoms with Gasteiger partial charge in [0.2, 0.25) is 5.79 Å². The standard InChI is InChI=1S/C29H39BrO5/c1-28-15-13-22-21-10-8-20(18-19(21)7-9-23(22)24(28)11-12-26(28)31)35-29(14-3-4-16-30)25(27(32)33-2)6-5-17-34-29/h8,10,18,22-25H,3-7,9,11-17H2,1-2H3/t22-,23-,24+,25?,28+,29?/m1/s1. The van der Waals surface area contributed by atoms with Crippen LogP contribution in [0.2, 0.25) is 0 Å². The molecule has 1 aromatic carbocycles. The predicted octanol–water partition coefficient (Wildman–Crippen LogP) is 6.35. The van der Waals surface area contributed by atoms with Crippen LogP contribution < -0.4 is 4.74 Å². The number of alkyl halides is 1. The first-order valence-electron chi connectivity index (χ1n) is 13.5. The maximum absolute atomic E-state index is 12.7. The van der Waals surface area contributed by atoms with Gasteiger partial charge in [0.05, 0.1) is 13.7 Å². The SMILES string of the molecule is COC(=O)C1CCCOC1(CCCCBr)Oc1ccc2c(c1)CC[C@@H]1[C@@H]2CC[C@]2(C)C(=O)CC[C@@H]12. The van der Waals surface area contributed by atoms with Crippen LogP contribution in [-0.4, -0.2) is 36.6 Å². The molecular weight excluding hydrogens is 508 g/mol. The molecule has 4 aliphatic rings. The number of hydrogen-bond acceptors (Lipinski definition) is 5. The molecule has 6 atom stereocenters. The Morgan fingerprint density at radius 3 is 2.83 bits per heavy atom. The van der Waals surface area contributed by atoms with Crippen LogP contribution in [-0.2, 0) is 25.5 Å². The number of carbonyl (C=O) groups is 2. The fraction of sp³-hybridized carbons (Fsp3) is 0.724. The van der Waals surface area contributed by atoms with Gasteiger partial charge in [-0.25, -0.2) is 0 Å². The van der Waals surface area contributed by atoms with E-state index in [1.807, 2.05) is 0 Å². The van der Waals surface area contributed by atoms with Crippen LogP contribution in [0.25, 0.3) is 0 Å². The van der Waals surface area contributed by atoms with Crippen LogP contribution in [0.4, 0.5) is 0 Å². The number of esters is 1. The third-order valence-electron chi connectivity index (χ3n) is 9.61. The summed E-state index contributed by atoms with van der Waals surface area (Å²) in [6.45, 7) is 2.82. The summed E-state index contributed by atoms with van der Waals surface area (Å²) in [4.78, 5) is 25.4. The number of aryl methyl sites for hydroxylation is 1. The molecule has 1 heterocycles. The summed E-state index contributed by atoms with van der Waals surface area (Å²) in [6.07, 6.45) is 10.2. The van der Waals surface area contributed by atoms with E-state index in [1.165, 1.54) is 18.2 Å². The van der Waals surface area contributed by atoms with Gasteiger partial charge in [-0.05, 0) is 98.8 Å². The second-order valence-electron chi connectivity index (χ2n) is 11.3. The Bertz CT molecular complexity index is 962. The molecule has 0 spiro atoms. The molecule has 1 aliphatic heterocycles. The van der Waals surface area contributed by atoms with Gasteiger partial charge in [-0.15, -0.1) is 0 Å². The van der Waals surface area contributed by atoms with Crippen LogP contribution >= 0.6 is 15.9 Å². The van der Waals surface area contributed by atoms with Crippen LogP contribution in [0.1, 0.15) is 88.2 Å². The fourth-order valence-corrected chi connectivity index (χ4v) is 8.15. The van der Waals surface area contributed by atoms with Gasteiger partial charge in [0.15, 0.2) is 0 Å². The number of fused-ring (bicyclic) bond motifs is 5. The summed E-state index contributed by atoms with van der Waals surface area (Å²) in [7, 11) is 1.45. The molecule has 0 radical (unpaired) electrons. The monoisotopic (exact) mass is 546 g/mol. The zero-order valence-electron chi connectivity index (χ0n) is 21.2. The summed E-state index contributed by atoms with van der Waals surface area (Å²) in [5, 5.41) is 0.916. The Hall–Kier alpha value is -1.40. The Morgan fingerprint density at radius 1 is 1.17 bits per heavy atom. The minimum atomic E-state index is -0.976. The number of benzene rings is 1. The third kappa shape index (κ3) is 4.47. The lowest BCUT2D eigenvalue weighted by atomic mass is 9.55. The highest BCUT2D eigenvalue weighted by Gasteiger charge is 2.54. The molecule has 2 saturated carbocycles. The minimum Gasteiger partial charge on any atom is -0.469 e. The number of ether oxygens (including phenoxy) is 3. The second kappa shape index (κ2) is 10.2.